The van der Waals surface area contributed by atoms with Gasteiger partial charge in [-0.05, 0) is 29.2 Å². The van der Waals surface area contributed by atoms with Crippen LogP contribution in [-0.4, -0.2) is 63.4 Å². The molecule has 0 fully saturated rings. The number of hydrogen-bond acceptors (Lipinski definition) is 4. The van der Waals surface area contributed by atoms with Gasteiger partial charge >= 0.3 is 18.0 Å². The first-order chi connectivity index (χ1) is 22.4. The number of rotatable bonds is 10. The van der Waals surface area contributed by atoms with E-state index in [9.17, 15) is 41.1 Å². The van der Waals surface area contributed by atoms with Crippen LogP contribution in [0.5, 0.6) is 0 Å². The van der Waals surface area contributed by atoms with E-state index >= 15 is 8.78 Å². The topological polar surface area (TPSA) is 86.8 Å². The summed E-state index contributed by atoms with van der Waals surface area (Å²) in [7, 11) is 0. The average molecular weight is 678 g/mol. The Morgan fingerprint density at radius 3 is 1.75 bits per heavy atom. The number of Topliss-reactive ketones (excluding diaryl/α,β-unsaturated/α-hetero) is 1. The van der Waals surface area contributed by atoms with Gasteiger partial charge in [0.05, 0.1) is 11.7 Å². The molecule has 1 heterocycles. The van der Waals surface area contributed by atoms with E-state index in [1.807, 2.05) is 0 Å². The third-order valence-corrected chi connectivity index (χ3v) is 7.71. The molecule has 3 aromatic rings. The maximum Gasteiger partial charge on any atom is 0.460 e. The molecule has 0 bridgehead atoms. The van der Waals surface area contributed by atoms with Crippen LogP contribution in [0.3, 0.4) is 0 Å². The third-order valence-electron chi connectivity index (χ3n) is 7.71. The molecule has 3 aromatic carbocycles. The van der Waals surface area contributed by atoms with Crippen molar-refractivity contribution in [2.45, 2.75) is 56.9 Å². The minimum atomic E-state index is -6.88. The van der Waals surface area contributed by atoms with Crippen molar-refractivity contribution < 1.29 is 49.9 Å². The quantitative estimate of drug-likeness (QED) is 0.244. The largest absolute Gasteiger partial charge is 0.460 e. The van der Waals surface area contributed by atoms with Crippen molar-refractivity contribution in [3.8, 4) is 0 Å². The molecule has 3 unspecified atom stereocenters. The number of benzene rings is 3. The van der Waals surface area contributed by atoms with Crippen molar-refractivity contribution in [1.29, 1.82) is 0 Å². The maximum atomic E-state index is 15.5. The zero-order valence-electron chi connectivity index (χ0n) is 25.7. The van der Waals surface area contributed by atoms with E-state index in [0.717, 1.165) is 18.0 Å². The zero-order valence-corrected chi connectivity index (χ0v) is 25.7. The standard InChI is InChI=1S/C34H30F7N3O4/c1-20(2)27-31(48)44(25(22-13-7-4-8-14-22)19-43(27)30(47)24-17-11-6-12-18-24)28(26(42-21(3)45)23-15-9-5-10-16-23)29(46)32(35,36)33(37,38)34(39,40)41/h4-20,26-28H,1-3H3,(H,42,45). The smallest absolute Gasteiger partial charge is 0.347 e. The van der Waals surface area contributed by atoms with Crippen LogP contribution in [0, 0.1) is 5.92 Å². The Balaban J connectivity index is 2.08. The lowest BCUT2D eigenvalue weighted by atomic mass is 9.86. The Bertz CT molecular complexity index is 1680. The van der Waals surface area contributed by atoms with Crippen molar-refractivity contribution in [2.75, 3.05) is 0 Å². The first-order valence-electron chi connectivity index (χ1n) is 14.6. The summed E-state index contributed by atoms with van der Waals surface area (Å²) in [5.41, 5.74) is -0.492. The highest BCUT2D eigenvalue weighted by atomic mass is 19.4. The molecule has 0 aliphatic carbocycles. The summed E-state index contributed by atoms with van der Waals surface area (Å²) < 4.78 is 100. The second kappa shape index (κ2) is 13.6. The number of ketones is 1. The minimum absolute atomic E-state index is 0.0113. The van der Waals surface area contributed by atoms with E-state index in [1.54, 1.807) is 18.2 Å². The van der Waals surface area contributed by atoms with Crippen molar-refractivity contribution in [2.24, 2.45) is 5.92 Å². The maximum absolute atomic E-state index is 15.5. The highest BCUT2D eigenvalue weighted by Crippen LogP contribution is 2.49. The zero-order chi connectivity index (χ0) is 35.6. The second-order valence-electron chi connectivity index (χ2n) is 11.4. The summed E-state index contributed by atoms with van der Waals surface area (Å²) in [4.78, 5) is 56.0. The molecule has 4 rings (SSSR count). The van der Waals surface area contributed by atoms with Gasteiger partial charge in [0.15, 0.2) is 0 Å². The van der Waals surface area contributed by atoms with Crippen LogP contribution >= 0.6 is 0 Å². The molecule has 48 heavy (non-hydrogen) atoms. The summed E-state index contributed by atoms with van der Waals surface area (Å²) in [6, 6.07) is 14.8. The van der Waals surface area contributed by atoms with E-state index in [0.29, 0.717) is 4.90 Å². The van der Waals surface area contributed by atoms with Gasteiger partial charge < -0.3 is 10.2 Å². The number of carbonyl (C=O) groups excluding carboxylic acids is 4. The molecule has 254 valence electrons. The summed E-state index contributed by atoms with van der Waals surface area (Å²) in [5, 5.41) is 2.21. The summed E-state index contributed by atoms with van der Waals surface area (Å²) in [5.74, 6) is -20.1. The number of hydrogen-bond donors (Lipinski definition) is 1. The SMILES string of the molecule is CC(=O)NC(c1ccccc1)C(C(=O)C(F)(F)C(F)(F)C(F)(F)F)N1C(=O)C(C(C)C)N(C(=O)c2ccccc2)C=C1c1ccccc1. The van der Waals surface area contributed by atoms with E-state index in [4.69, 9.17) is 0 Å². The first kappa shape index (κ1) is 35.8. The average Bonchev–Trinajstić information content (AvgIpc) is 3.04. The van der Waals surface area contributed by atoms with E-state index < -0.39 is 71.3 Å². The number of amides is 3. The Hall–Kier alpha value is -5.01. The number of nitrogens with one attached hydrogen (secondary N) is 1. The predicted octanol–water partition coefficient (Wildman–Crippen LogP) is 6.64. The Labute approximate surface area is 271 Å². The van der Waals surface area contributed by atoms with Crippen LogP contribution in [0.2, 0.25) is 0 Å². The molecule has 0 spiro atoms. The van der Waals surface area contributed by atoms with Crippen LogP contribution in [0.15, 0.2) is 97.2 Å². The fraction of sp³-hybridized carbons (Fsp3) is 0.294. The molecule has 0 saturated carbocycles. The summed E-state index contributed by atoms with van der Waals surface area (Å²) in [6.45, 7) is 3.88. The molecule has 0 aromatic heterocycles. The van der Waals surface area contributed by atoms with Gasteiger partial charge in [0, 0.05) is 18.7 Å². The van der Waals surface area contributed by atoms with Crippen LogP contribution < -0.4 is 5.32 Å². The number of nitrogens with zero attached hydrogens (tertiary/aromatic N) is 2. The lowest BCUT2D eigenvalue weighted by Gasteiger charge is -2.46. The summed E-state index contributed by atoms with van der Waals surface area (Å²) >= 11 is 0. The van der Waals surface area contributed by atoms with Crippen molar-refractivity contribution in [3.05, 3.63) is 114 Å². The van der Waals surface area contributed by atoms with Crippen LogP contribution in [-0.2, 0) is 14.4 Å². The normalized spacial score (nSPS) is 17.1. The Morgan fingerprint density at radius 2 is 1.27 bits per heavy atom. The minimum Gasteiger partial charge on any atom is -0.347 e. The fourth-order valence-corrected chi connectivity index (χ4v) is 5.45. The molecule has 7 nitrogen and oxygen atoms in total. The van der Waals surface area contributed by atoms with Crippen LogP contribution in [0.1, 0.15) is 48.3 Å². The molecule has 3 atom stereocenters. The molecule has 0 radical (unpaired) electrons. The monoisotopic (exact) mass is 677 g/mol. The first-order valence-corrected chi connectivity index (χ1v) is 14.6. The van der Waals surface area contributed by atoms with Gasteiger partial charge in [0.25, 0.3) is 11.8 Å². The van der Waals surface area contributed by atoms with Crippen molar-refractivity contribution >= 4 is 29.2 Å². The molecule has 3 amide bonds. The van der Waals surface area contributed by atoms with Crippen LogP contribution in [0.25, 0.3) is 5.70 Å². The molecular formula is C34H30F7N3O4. The molecule has 1 N–H and O–H groups in total. The molecule has 0 saturated heterocycles. The Kier molecular flexibility index (Phi) is 10.2. The lowest BCUT2D eigenvalue weighted by molar-refractivity contribution is -0.344. The van der Waals surface area contributed by atoms with Gasteiger partial charge in [0.1, 0.15) is 12.1 Å². The van der Waals surface area contributed by atoms with Gasteiger partial charge in [0.2, 0.25) is 11.7 Å². The summed E-state index contributed by atoms with van der Waals surface area (Å²) in [6.07, 6.45) is -5.82. The molecule has 14 heteroatoms. The third kappa shape index (κ3) is 6.69. The fourth-order valence-electron chi connectivity index (χ4n) is 5.45. The van der Waals surface area contributed by atoms with Gasteiger partial charge in [-0.25, -0.2) is 0 Å². The lowest BCUT2D eigenvalue weighted by Crippen LogP contribution is -2.66. The number of alkyl halides is 7. The second-order valence-corrected chi connectivity index (χ2v) is 11.4. The van der Waals surface area contributed by atoms with Crippen LogP contribution in [0.4, 0.5) is 30.7 Å². The van der Waals surface area contributed by atoms with Gasteiger partial charge in [-0.3, -0.25) is 24.1 Å². The molecule has 1 aliphatic heterocycles. The molecule has 1 aliphatic rings. The van der Waals surface area contributed by atoms with Crippen molar-refractivity contribution in [1.82, 2.24) is 15.1 Å². The highest BCUT2D eigenvalue weighted by molar-refractivity contribution is 6.06. The molecular weight excluding hydrogens is 647 g/mol. The van der Waals surface area contributed by atoms with E-state index in [-0.39, 0.29) is 16.7 Å². The van der Waals surface area contributed by atoms with Gasteiger partial charge in [-0.1, -0.05) is 92.7 Å². The number of halogens is 7. The Morgan fingerprint density at radius 1 is 0.771 bits per heavy atom. The van der Waals surface area contributed by atoms with Gasteiger partial charge in [-0.15, -0.1) is 0 Å². The number of carbonyl (C=O) groups is 4. The van der Waals surface area contributed by atoms with Crippen molar-refractivity contribution in [3.63, 3.8) is 0 Å². The highest BCUT2D eigenvalue weighted by Gasteiger charge is 2.77. The van der Waals surface area contributed by atoms with E-state index in [1.165, 1.54) is 86.6 Å². The van der Waals surface area contributed by atoms with E-state index in [2.05, 4.69) is 5.32 Å². The predicted molar refractivity (Wildman–Crippen MR) is 160 cm³/mol. The van der Waals surface area contributed by atoms with Gasteiger partial charge in [-0.2, -0.15) is 30.7 Å².